The van der Waals surface area contributed by atoms with Crippen LogP contribution in [0.4, 0.5) is 5.69 Å². The van der Waals surface area contributed by atoms with Gasteiger partial charge in [0.2, 0.25) is 23.6 Å². The highest BCUT2D eigenvalue weighted by Gasteiger charge is 2.26. The predicted octanol–water partition coefficient (Wildman–Crippen LogP) is 1.18. The highest BCUT2D eigenvalue weighted by Crippen LogP contribution is 2.11. The number of non-ortho nitro benzene ring substituents is 1. The Bertz CT molecular complexity index is 1230. The molecule has 0 spiro atoms. The van der Waals surface area contributed by atoms with Gasteiger partial charge in [-0.3, -0.25) is 34.1 Å². The first-order valence-corrected chi connectivity index (χ1v) is 13.1. The summed E-state index contributed by atoms with van der Waals surface area (Å²) in [5, 5.41) is 23.6. The van der Waals surface area contributed by atoms with Gasteiger partial charge in [-0.25, -0.2) is 0 Å². The second-order valence-corrected chi connectivity index (χ2v) is 9.90. The molecule has 0 saturated carbocycles. The maximum atomic E-state index is 12.9. The highest BCUT2D eigenvalue weighted by atomic mass is 16.6. The summed E-state index contributed by atoms with van der Waals surface area (Å²) in [6, 6.07) is 11.3. The van der Waals surface area contributed by atoms with Gasteiger partial charge < -0.3 is 26.6 Å². The predicted molar refractivity (Wildman–Crippen MR) is 150 cm³/mol. The van der Waals surface area contributed by atoms with E-state index in [4.69, 9.17) is 0 Å². The molecular weight excluding hydrogens is 532 g/mol. The molecule has 0 radical (unpaired) electrons. The van der Waals surface area contributed by atoms with E-state index in [0.29, 0.717) is 11.1 Å². The van der Waals surface area contributed by atoms with Crippen LogP contribution in [0, 0.1) is 16.0 Å². The molecule has 0 bridgehead atoms. The fourth-order valence-electron chi connectivity index (χ4n) is 3.66. The van der Waals surface area contributed by atoms with Gasteiger partial charge in [0.05, 0.1) is 11.5 Å². The fourth-order valence-corrected chi connectivity index (χ4v) is 3.66. The fraction of sp³-hybridized carbons (Fsp3) is 0.393. The van der Waals surface area contributed by atoms with Crippen LogP contribution >= 0.6 is 0 Å². The normalized spacial score (nSPS) is 12.8. The van der Waals surface area contributed by atoms with Crippen molar-refractivity contribution in [1.82, 2.24) is 26.6 Å². The van der Waals surface area contributed by atoms with Gasteiger partial charge in [-0.05, 0) is 43.9 Å². The Balaban J connectivity index is 1.84. The van der Waals surface area contributed by atoms with Crippen LogP contribution in [0.3, 0.4) is 0 Å². The first-order valence-electron chi connectivity index (χ1n) is 13.1. The first kappa shape index (κ1) is 32.4. The summed E-state index contributed by atoms with van der Waals surface area (Å²) >= 11 is 0. The zero-order valence-corrected chi connectivity index (χ0v) is 23.4. The minimum atomic E-state index is -0.959. The summed E-state index contributed by atoms with van der Waals surface area (Å²) in [6.45, 7) is 6.39. The van der Waals surface area contributed by atoms with Gasteiger partial charge in [0, 0.05) is 24.2 Å². The lowest BCUT2D eigenvalue weighted by molar-refractivity contribution is -0.384. The third kappa shape index (κ3) is 11.1. The molecule has 5 N–H and O–H groups in total. The molecule has 3 atom stereocenters. The van der Waals surface area contributed by atoms with Crippen molar-refractivity contribution in [3.05, 3.63) is 75.8 Å². The molecule has 0 aliphatic rings. The molecule has 0 fully saturated rings. The molecule has 5 amide bonds. The third-order valence-corrected chi connectivity index (χ3v) is 5.92. The van der Waals surface area contributed by atoms with Crippen molar-refractivity contribution in [2.75, 3.05) is 6.54 Å². The minimum absolute atomic E-state index is 0.0279. The number of nitrogens with one attached hydrogen (secondary N) is 5. The van der Waals surface area contributed by atoms with E-state index < -0.39 is 59.1 Å². The van der Waals surface area contributed by atoms with Crippen LogP contribution in [0.2, 0.25) is 0 Å². The topological polar surface area (TPSA) is 189 Å². The first-order chi connectivity index (χ1) is 19.4. The van der Waals surface area contributed by atoms with Crippen molar-refractivity contribution in [2.24, 2.45) is 5.92 Å². The zero-order valence-electron chi connectivity index (χ0n) is 23.4. The van der Waals surface area contributed by atoms with Crippen LogP contribution in [-0.4, -0.2) is 59.1 Å². The number of nitrogens with zero attached hydrogens (tertiary/aromatic N) is 1. The number of carbonyl (C=O) groups is 5. The number of benzene rings is 2. The Kier molecular flexibility index (Phi) is 12.4. The lowest BCUT2D eigenvalue weighted by atomic mass is 10.0. The Morgan fingerprint density at radius 1 is 0.756 bits per heavy atom. The van der Waals surface area contributed by atoms with Gasteiger partial charge in [-0.1, -0.05) is 44.2 Å². The SMILES string of the molecule is CC(C)CC(NC(=O)CNC(=O)C(C)NC(=O)c1ccccc1)C(=O)NC(C)C(=O)NCc1ccc([N+](=O)[O-])cc1. The number of hydrogen-bond acceptors (Lipinski definition) is 7. The summed E-state index contributed by atoms with van der Waals surface area (Å²) in [5.41, 5.74) is 0.966. The summed E-state index contributed by atoms with van der Waals surface area (Å²) in [7, 11) is 0. The average molecular weight is 569 g/mol. The van der Waals surface area contributed by atoms with E-state index in [1.54, 1.807) is 30.3 Å². The van der Waals surface area contributed by atoms with E-state index in [2.05, 4.69) is 26.6 Å². The van der Waals surface area contributed by atoms with Crippen LogP contribution < -0.4 is 26.6 Å². The maximum Gasteiger partial charge on any atom is 0.269 e. The number of hydrogen-bond donors (Lipinski definition) is 5. The monoisotopic (exact) mass is 568 g/mol. The quantitative estimate of drug-likeness (QED) is 0.167. The van der Waals surface area contributed by atoms with Crippen LogP contribution in [-0.2, 0) is 25.7 Å². The molecule has 41 heavy (non-hydrogen) atoms. The number of nitro benzene ring substituents is 1. The van der Waals surface area contributed by atoms with Crippen molar-refractivity contribution in [3.63, 3.8) is 0 Å². The molecule has 220 valence electrons. The van der Waals surface area contributed by atoms with E-state index >= 15 is 0 Å². The van der Waals surface area contributed by atoms with Crippen molar-refractivity contribution in [2.45, 2.75) is 58.8 Å². The Labute approximate surface area is 238 Å². The largest absolute Gasteiger partial charge is 0.350 e. The molecule has 2 aromatic carbocycles. The number of amides is 5. The van der Waals surface area contributed by atoms with Crippen molar-refractivity contribution in [3.8, 4) is 0 Å². The van der Waals surface area contributed by atoms with E-state index in [0.717, 1.165) is 0 Å². The van der Waals surface area contributed by atoms with Crippen LogP contribution in [0.1, 0.15) is 50.0 Å². The molecule has 0 saturated heterocycles. The highest BCUT2D eigenvalue weighted by molar-refractivity contribution is 5.98. The second kappa shape index (κ2) is 15.7. The van der Waals surface area contributed by atoms with E-state index in [1.165, 1.54) is 38.1 Å². The van der Waals surface area contributed by atoms with Crippen molar-refractivity contribution < 1.29 is 28.9 Å². The Morgan fingerprint density at radius 3 is 1.93 bits per heavy atom. The molecule has 2 rings (SSSR count). The molecule has 0 heterocycles. The van der Waals surface area contributed by atoms with Gasteiger partial charge >= 0.3 is 0 Å². The summed E-state index contributed by atoms with van der Waals surface area (Å²) in [6.07, 6.45) is 0.284. The Morgan fingerprint density at radius 2 is 1.34 bits per heavy atom. The molecule has 0 aromatic heterocycles. The van der Waals surface area contributed by atoms with Gasteiger partial charge in [-0.15, -0.1) is 0 Å². The molecule has 13 nitrogen and oxygen atoms in total. The van der Waals surface area contributed by atoms with E-state index in [1.807, 2.05) is 13.8 Å². The lowest BCUT2D eigenvalue weighted by Crippen LogP contribution is -2.54. The Hall–Kier alpha value is -4.81. The molecule has 0 aliphatic carbocycles. The van der Waals surface area contributed by atoms with Gasteiger partial charge in [0.15, 0.2) is 0 Å². The smallest absolute Gasteiger partial charge is 0.269 e. The third-order valence-electron chi connectivity index (χ3n) is 5.92. The average Bonchev–Trinajstić information content (AvgIpc) is 2.94. The standard InChI is InChI=1S/C28H36N6O7/c1-17(2)14-23(28(39)32-19(4)25(36)29-15-20-10-12-22(13-11-20)34(40)41)33-24(35)16-30-26(37)18(3)31-27(38)21-8-6-5-7-9-21/h5-13,17-19,23H,14-16H2,1-4H3,(H,29,36)(H,30,37)(H,31,38)(H,32,39)(H,33,35). The summed E-state index contributed by atoms with van der Waals surface area (Å²) < 4.78 is 0. The van der Waals surface area contributed by atoms with Crippen LogP contribution in [0.25, 0.3) is 0 Å². The minimum Gasteiger partial charge on any atom is -0.350 e. The zero-order chi connectivity index (χ0) is 30.5. The van der Waals surface area contributed by atoms with E-state index in [-0.39, 0.29) is 24.6 Å². The summed E-state index contributed by atoms with van der Waals surface area (Å²) in [5.74, 6) is -2.65. The van der Waals surface area contributed by atoms with E-state index in [9.17, 15) is 34.1 Å². The molecule has 0 aliphatic heterocycles. The summed E-state index contributed by atoms with van der Waals surface area (Å²) in [4.78, 5) is 72.8. The number of carbonyl (C=O) groups excluding carboxylic acids is 5. The molecule has 2 aromatic rings. The molecular formula is C28H36N6O7. The van der Waals surface area contributed by atoms with Crippen LogP contribution in [0.15, 0.2) is 54.6 Å². The van der Waals surface area contributed by atoms with Gasteiger partial charge in [-0.2, -0.15) is 0 Å². The van der Waals surface area contributed by atoms with Gasteiger partial charge in [0.1, 0.15) is 18.1 Å². The number of rotatable bonds is 14. The maximum absolute atomic E-state index is 12.9. The van der Waals surface area contributed by atoms with Crippen LogP contribution in [0.5, 0.6) is 0 Å². The van der Waals surface area contributed by atoms with Gasteiger partial charge in [0.25, 0.3) is 11.6 Å². The second-order valence-electron chi connectivity index (χ2n) is 9.90. The molecule has 3 unspecified atom stereocenters. The van der Waals surface area contributed by atoms with Crippen molar-refractivity contribution in [1.29, 1.82) is 0 Å². The number of nitro groups is 1. The lowest BCUT2D eigenvalue weighted by Gasteiger charge is -2.23. The van der Waals surface area contributed by atoms with Crippen molar-refractivity contribution >= 4 is 35.2 Å². The molecule has 13 heteroatoms.